The Hall–Kier alpha value is -3.16. The lowest BCUT2D eigenvalue weighted by Crippen LogP contribution is -2.04. The number of halogens is 1. The third-order valence-electron chi connectivity index (χ3n) is 4.02. The molecule has 0 aromatic carbocycles. The molecule has 0 saturated heterocycles. The van der Waals surface area contributed by atoms with Gasteiger partial charge in [0.1, 0.15) is 11.4 Å². The lowest BCUT2D eigenvalue weighted by Gasteiger charge is -2.15. The van der Waals surface area contributed by atoms with Gasteiger partial charge >= 0.3 is 0 Å². The number of methoxy groups -OCH3 is 2. The topological polar surface area (TPSA) is 78.3 Å². The molecule has 1 amide bonds. The molecule has 130 valence electrons. The molecule has 0 aliphatic carbocycles. The second kappa shape index (κ2) is 6.39. The molecule has 0 aliphatic heterocycles. The van der Waals surface area contributed by atoms with E-state index in [-0.39, 0.29) is 17.3 Å². The Bertz CT molecular complexity index is 968. The first-order chi connectivity index (χ1) is 12.0. The van der Waals surface area contributed by atoms with Crippen LogP contribution in [0.1, 0.15) is 5.69 Å². The maximum Gasteiger partial charge on any atom is 0.226 e. The van der Waals surface area contributed by atoms with E-state index in [1.54, 1.807) is 19.2 Å². The van der Waals surface area contributed by atoms with Gasteiger partial charge in [-0.1, -0.05) is 0 Å². The van der Waals surface area contributed by atoms with Crippen LogP contribution >= 0.6 is 0 Å². The first-order valence-electron chi connectivity index (χ1n) is 7.45. The van der Waals surface area contributed by atoms with Crippen molar-refractivity contribution in [2.75, 3.05) is 19.5 Å². The highest BCUT2D eigenvalue weighted by Crippen LogP contribution is 2.41. The lowest BCUT2D eigenvalue weighted by molar-refractivity contribution is -0.105. The Balaban J connectivity index is 2.31. The quantitative estimate of drug-likeness (QED) is 0.720. The van der Waals surface area contributed by atoms with Gasteiger partial charge in [-0.2, -0.15) is 0 Å². The van der Waals surface area contributed by atoms with E-state index in [0.717, 1.165) is 10.9 Å². The van der Waals surface area contributed by atoms with Crippen molar-refractivity contribution in [3.63, 3.8) is 0 Å². The summed E-state index contributed by atoms with van der Waals surface area (Å²) in [5.74, 6) is 0.215. The Kier molecular flexibility index (Phi) is 4.26. The van der Waals surface area contributed by atoms with Crippen LogP contribution < -0.4 is 14.8 Å². The number of aryl methyl sites for hydroxylation is 2. The zero-order valence-corrected chi connectivity index (χ0v) is 14.3. The first kappa shape index (κ1) is 16.7. The zero-order chi connectivity index (χ0) is 18.1. The summed E-state index contributed by atoms with van der Waals surface area (Å²) in [5, 5.41) is 3.33. The van der Waals surface area contributed by atoms with Gasteiger partial charge in [-0.05, 0) is 19.1 Å². The van der Waals surface area contributed by atoms with E-state index in [9.17, 15) is 9.18 Å². The molecule has 0 unspecified atom stereocenters. The molecule has 3 aromatic rings. The molecule has 3 heterocycles. The molecule has 25 heavy (non-hydrogen) atoms. The number of anilines is 1. The molecule has 0 spiro atoms. The smallest absolute Gasteiger partial charge is 0.226 e. The van der Waals surface area contributed by atoms with Crippen LogP contribution in [-0.4, -0.2) is 35.2 Å². The van der Waals surface area contributed by atoms with E-state index in [2.05, 4.69) is 15.3 Å². The SMILES string of the molecule is COc1nc(C)c(F)c(OC)c1-c1cc2cc(NC=O)ncc2n1C. The van der Waals surface area contributed by atoms with Gasteiger partial charge in [0.15, 0.2) is 11.6 Å². The van der Waals surface area contributed by atoms with E-state index < -0.39 is 5.82 Å². The summed E-state index contributed by atoms with van der Waals surface area (Å²) >= 11 is 0. The predicted octanol–water partition coefficient (Wildman–Crippen LogP) is 2.67. The summed E-state index contributed by atoms with van der Waals surface area (Å²) in [6, 6.07) is 3.56. The third kappa shape index (κ3) is 2.65. The molecule has 0 aliphatic rings. The van der Waals surface area contributed by atoms with Gasteiger partial charge in [0, 0.05) is 12.4 Å². The Labute approximate surface area is 143 Å². The number of nitrogens with zero attached hydrogens (tertiary/aromatic N) is 3. The van der Waals surface area contributed by atoms with Crippen molar-refractivity contribution in [1.29, 1.82) is 0 Å². The molecule has 0 atom stereocenters. The number of carbonyl (C=O) groups excluding carboxylic acids is 1. The molecular weight excluding hydrogens is 327 g/mol. The monoisotopic (exact) mass is 344 g/mol. The maximum absolute atomic E-state index is 14.5. The molecule has 3 aromatic heterocycles. The summed E-state index contributed by atoms with van der Waals surface area (Å²) in [4.78, 5) is 18.9. The minimum Gasteiger partial charge on any atom is -0.493 e. The standard InChI is InChI=1S/C17H17FN4O3/c1-9-15(18)16(24-3)14(17(21-9)25-4)11-5-10-6-13(20-8-23)19-7-12(10)22(11)2/h5-8H,1-4H3,(H,19,20,23). The number of nitrogens with one attached hydrogen (secondary N) is 1. The fraction of sp³-hybridized carbons (Fsp3) is 0.235. The minimum atomic E-state index is -0.537. The number of aromatic nitrogens is 3. The van der Waals surface area contributed by atoms with Crippen molar-refractivity contribution < 1.29 is 18.7 Å². The number of carbonyl (C=O) groups is 1. The van der Waals surface area contributed by atoms with Crippen molar-refractivity contribution in [1.82, 2.24) is 14.5 Å². The molecule has 0 radical (unpaired) electrons. The minimum absolute atomic E-state index is 0.0643. The highest BCUT2D eigenvalue weighted by molar-refractivity contribution is 5.91. The molecule has 7 nitrogen and oxygen atoms in total. The lowest BCUT2D eigenvalue weighted by atomic mass is 10.1. The number of ether oxygens (including phenoxy) is 2. The van der Waals surface area contributed by atoms with Crippen LogP contribution in [0.4, 0.5) is 10.2 Å². The van der Waals surface area contributed by atoms with E-state index in [1.165, 1.54) is 14.2 Å². The van der Waals surface area contributed by atoms with Crippen LogP contribution in [0.5, 0.6) is 11.6 Å². The highest BCUT2D eigenvalue weighted by atomic mass is 19.1. The summed E-state index contributed by atoms with van der Waals surface area (Å²) < 4.78 is 27.0. The number of amides is 1. The molecule has 0 saturated carbocycles. The van der Waals surface area contributed by atoms with Crippen LogP contribution in [-0.2, 0) is 11.8 Å². The van der Waals surface area contributed by atoms with Gasteiger partial charge in [0.05, 0.1) is 37.3 Å². The van der Waals surface area contributed by atoms with Gasteiger partial charge in [0.25, 0.3) is 0 Å². The average molecular weight is 344 g/mol. The number of rotatable bonds is 5. The Morgan fingerprint density at radius 1 is 1.28 bits per heavy atom. The van der Waals surface area contributed by atoms with Crippen molar-refractivity contribution in [3.8, 4) is 22.9 Å². The van der Waals surface area contributed by atoms with Crippen molar-refractivity contribution >= 4 is 23.1 Å². The van der Waals surface area contributed by atoms with Gasteiger partial charge < -0.3 is 19.4 Å². The Morgan fingerprint density at radius 3 is 2.68 bits per heavy atom. The summed E-state index contributed by atoms with van der Waals surface area (Å²) in [6.45, 7) is 1.55. The largest absolute Gasteiger partial charge is 0.493 e. The summed E-state index contributed by atoms with van der Waals surface area (Å²) in [5.41, 5.74) is 2.06. The van der Waals surface area contributed by atoms with Gasteiger partial charge in [-0.25, -0.2) is 14.4 Å². The van der Waals surface area contributed by atoms with Crippen molar-refractivity contribution in [2.45, 2.75) is 6.92 Å². The van der Waals surface area contributed by atoms with Crippen molar-refractivity contribution in [3.05, 3.63) is 29.8 Å². The normalized spacial score (nSPS) is 10.8. The molecular formula is C17H17FN4O3. The molecule has 3 rings (SSSR count). The van der Waals surface area contributed by atoms with Crippen molar-refractivity contribution in [2.24, 2.45) is 7.05 Å². The fourth-order valence-electron chi connectivity index (χ4n) is 2.81. The second-order valence-electron chi connectivity index (χ2n) is 5.41. The predicted molar refractivity (Wildman–Crippen MR) is 91.4 cm³/mol. The molecule has 0 bridgehead atoms. The highest BCUT2D eigenvalue weighted by Gasteiger charge is 2.24. The van der Waals surface area contributed by atoms with Gasteiger partial charge in [0.2, 0.25) is 12.3 Å². The fourth-order valence-corrected chi connectivity index (χ4v) is 2.81. The number of pyridine rings is 2. The van der Waals surface area contributed by atoms with Crippen LogP contribution in [0.25, 0.3) is 22.2 Å². The second-order valence-corrected chi connectivity index (χ2v) is 5.41. The number of hydrogen-bond acceptors (Lipinski definition) is 5. The van der Waals surface area contributed by atoms with Crippen LogP contribution in [0, 0.1) is 12.7 Å². The van der Waals surface area contributed by atoms with E-state index in [1.807, 2.05) is 17.7 Å². The number of fused-ring (bicyclic) bond motifs is 1. The number of hydrogen-bond donors (Lipinski definition) is 1. The first-order valence-corrected chi connectivity index (χ1v) is 7.45. The van der Waals surface area contributed by atoms with Gasteiger partial charge in [-0.15, -0.1) is 0 Å². The Morgan fingerprint density at radius 2 is 2.04 bits per heavy atom. The van der Waals surface area contributed by atoms with Crippen LogP contribution in [0.3, 0.4) is 0 Å². The van der Waals surface area contributed by atoms with Gasteiger partial charge in [-0.3, -0.25) is 4.79 Å². The van der Waals surface area contributed by atoms with Crippen LogP contribution in [0.2, 0.25) is 0 Å². The van der Waals surface area contributed by atoms with E-state index in [0.29, 0.717) is 23.5 Å². The third-order valence-corrected chi connectivity index (χ3v) is 4.02. The zero-order valence-electron chi connectivity index (χ0n) is 14.3. The van der Waals surface area contributed by atoms with E-state index in [4.69, 9.17) is 9.47 Å². The summed E-state index contributed by atoms with van der Waals surface area (Å²) in [7, 11) is 4.69. The van der Waals surface area contributed by atoms with E-state index >= 15 is 0 Å². The summed E-state index contributed by atoms with van der Waals surface area (Å²) in [6.07, 6.45) is 2.19. The average Bonchev–Trinajstić information content (AvgIpc) is 2.93. The van der Waals surface area contributed by atoms with Crippen LogP contribution in [0.15, 0.2) is 18.3 Å². The molecule has 8 heteroatoms. The molecule has 1 N–H and O–H groups in total. The maximum atomic E-state index is 14.5. The molecule has 0 fully saturated rings.